The Morgan fingerprint density at radius 3 is 2.58 bits per heavy atom. The minimum Gasteiger partial charge on any atom is -0.479 e. The number of carbonyl (C=O) groups excluding carboxylic acids is 1. The van der Waals surface area contributed by atoms with E-state index in [1.807, 2.05) is 30.3 Å². The lowest BCUT2D eigenvalue weighted by atomic mass is 10.1. The molecule has 0 spiro atoms. The molecule has 2 atom stereocenters. The van der Waals surface area contributed by atoms with Gasteiger partial charge in [-0.05, 0) is 22.9 Å². The molecule has 9 heteroatoms. The fourth-order valence-electron chi connectivity index (χ4n) is 2.24. The molecule has 0 saturated heterocycles. The van der Waals surface area contributed by atoms with Gasteiger partial charge >= 0.3 is 5.97 Å². The Morgan fingerprint density at radius 1 is 1.33 bits per heavy atom. The van der Waals surface area contributed by atoms with Crippen molar-refractivity contribution in [1.82, 2.24) is 25.5 Å². The molecule has 1 amide bonds. The fraction of sp³-hybridized carbons (Fsp3) is 0.400. The molecule has 1 aromatic heterocycles. The van der Waals surface area contributed by atoms with Crippen LogP contribution in [-0.4, -0.2) is 56.9 Å². The SMILES string of the molecule is COC(CNC(=O)C(Cc1ccccc1)n1nnnc1C)C(=O)O. The first-order valence-electron chi connectivity index (χ1n) is 7.34. The van der Waals surface area contributed by atoms with Gasteiger partial charge in [0.05, 0.1) is 6.54 Å². The Labute approximate surface area is 138 Å². The van der Waals surface area contributed by atoms with Crippen molar-refractivity contribution in [3.05, 3.63) is 41.7 Å². The van der Waals surface area contributed by atoms with Gasteiger partial charge in [0.2, 0.25) is 5.91 Å². The molecule has 0 bridgehead atoms. The molecule has 128 valence electrons. The summed E-state index contributed by atoms with van der Waals surface area (Å²) in [6.07, 6.45) is -0.732. The molecule has 24 heavy (non-hydrogen) atoms. The van der Waals surface area contributed by atoms with Gasteiger partial charge in [0.15, 0.2) is 6.10 Å². The van der Waals surface area contributed by atoms with Crippen molar-refractivity contribution < 1.29 is 19.4 Å². The molecular weight excluding hydrogens is 314 g/mol. The van der Waals surface area contributed by atoms with Crippen molar-refractivity contribution in [3.8, 4) is 0 Å². The molecule has 1 heterocycles. The molecular formula is C15H19N5O4. The van der Waals surface area contributed by atoms with Crippen LogP contribution in [0.2, 0.25) is 0 Å². The second kappa shape index (κ2) is 8.16. The Morgan fingerprint density at radius 2 is 2.04 bits per heavy atom. The first-order chi connectivity index (χ1) is 11.5. The molecule has 2 N–H and O–H groups in total. The largest absolute Gasteiger partial charge is 0.479 e. The predicted octanol–water partition coefficient (Wildman–Crippen LogP) is -0.0189. The topological polar surface area (TPSA) is 119 Å². The van der Waals surface area contributed by atoms with Gasteiger partial charge in [-0.3, -0.25) is 4.79 Å². The number of ether oxygens (including phenoxy) is 1. The van der Waals surface area contributed by atoms with Gasteiger partial charge in [-0.15, -0.1) is 5.10 Å². The molecule has 0 radical (unpaired) electrons. The van der Waals surface area contributed by atoms with Crippen molar-refractivity contribution in [3.63, 3.8) is 0 Å². The van der Waals surface area contributed by atoms with Gasteiger partial charge in [-0.1, -0.05) is 30.3 Å². The fourth-order valence-corrected chi connectivity index (χ4v) is 2.24. The third kappa shape index (κ3) is 4.35. The molecule has 2 aromatic rings. The van der Waals surface area contributed by atoms with Crippen LogP contribution < -0.4 is 5.32 Å². The van der Waals surface area contributed by atoms with Gasteiger partial charge in [0, 0.05) is 13.5 Å². The first kappa shape index (κ1) is 17.5. The highest BCUT2D eigenvalue weighted by Crippen LogP contribution is 2.15. The second-order valence-electron chi connectivity index (χ2n) is 5.18. The summed E-state index contributed by atoms with van der Waals surface area (Å²) in [6.45, 7) is 1.55. The summed E-state index contributed by atoms with van der Waals surface area (Å²) in [7, 11) is 1.28. The van der Waals surface area contributed by atoms with E-state index in [2.05, 4.69) is 20.8 Å². The van der Waals surface area contributed by atoms with Crippen molar-refractivity contribution in [2.24, 2.45) is 0 Å². The van der Waals surface area contributed by atoms with Crippen molar-refractivity contribution >= 4 is 11.9 Å². The number of carboxylic acids is 1. The average molecular weight is 333 g/mol. The summed E-state index contributed by atoms with van der Waals surface area (Å²) >= 11 is 0. The number of methoxy groups -OCH3 is 1. The van der Waals surface area contributed by atoms with E-state index in [4.69, 9.17) is 9.84 Å². The third-order valence-electron chi connectivity index (χ3n) is 3.55. The van der Waals surface area contributed by atoms with Crippen LogP contribution in [0.15, 0.2) is 30.3 Å². The van der Waals surface area contributed by atoms with Crippen LogP contribution in [-0.2, 0) is 20.7 Å². The Kier molecular flexibility index (Phi) is 5.96. The first-order valence-corrected chi connectivity index (χ1v) is 7.34. The van der Waals surface area contributed by atoms with Crippen LogP contribution in [0.25, 0.3) is 0 Å². The summed E-state index contributed by atoms with van der Waals surface area (Å²) in [5, 5.41) is 22.8. The standard InChI is InChI=1S/C15H19N5O4/c1-10-17-18-19-20(10)12(8-11-6-4-3-5-7-11)14(21)16-9-13(24-2)15(22)23/h3-7,12-13H,8-9H2,1-2H3,(H,16,21)(H,22,23). The van der Waals surface area contributed by atoms with Gasteiger partial charge < -0.3 is 15.2 Å². The van der Waals surface area contributed by atoms with E-state index >= 15 is 0 Å². The van der Waals surface area contributed by atoms with Gasteiger partial charge in [-0.2, -0.15) is 0 Å². The van der Waals surface area contributed by atoms with E-state index in [9.17, 15) is 9.59 Å². The number of tetrazole rings is 1. The summed E-state index contributed by atoms with van der Waals surface area (Å²) in [6, 6.07) is 8.75. The van der Waals surface area contributed by atoms with Crippen molar-refractivity contribution in [1.29, 1.82) is 0 Å². The number of nitrogens with one attached hydrogen (secondary N) is 1. The van der Waals surface area contributed by atoms with Crippen LogP contribution in [0.4, 0.5) is 0 Å². The monoisotopic (exact) mass is 333 g/mol. The highest BCUT2D eigenvalue weighted by molar-refractivity contribution is 5.81. The molecule has 0 aliphatic carbocycles. The molecule has 0 aliphatic rings. The Balaban J connectivity index is 2.15. The van der Waals surface area contributed by atoms with Crippen molar-refractivity contribution in [2.75, 3.05) is 13.7 Å². The summed E-state index contributed by atoms with van der Waals surface area (Å²) in [5.74, 6) is -1.03. The predicted molar refractivity (Wildman–Crippen MR) is 83.2 cm³/mol. The van der Waals surface area contributed by atoms with Crippen LogP contribution in [0.1, 0.15) is 17.4 Å². The molecule has 0 saturated carbocycles. The molecule has 1 aromatic carbocycles. The van der Waals surface area contributed by atoms with Crippen molar-refractivity contribution in [2.45, 2.75) is 25.5 Å². The summed E-state index contributed by atoms with van der Waals surface area (Å²) in [5.41, 5.74) is 0.939. The lowest BCUT2D eigenvalue weighted by molar-refractivity contribution is -0.148. The maximum Gasteiger partial charge on any atom is 0.334 e. The summed E-state index contributed by atoms with van der Waals surface area (Å²) in [4.78, 5) is 23.5. The number of hydrogen-bond donors (Lipinski definition) is 2. The van der Waals surface area contributed by atoms with Gasteiger partial charge in [0.1, 0.15) is 11.9 Å². The van der Waals surface area contributed by atoms with Crippen LogP contribution in [0, 0.1) is 6.92 Å². The molecule has 0 aliphatic heterocycles. The maximum absolute atomic E-state index is 12.6. The Hall–Kier alpha value is -2.81. The maximum atomic E-state index is 12.6. The van der Waals surface area contributed by atoms with E-state index in [-0.39, 0.29) is 12.5 Å². The number of aryl methyl sites for hydroxylation is 1. The minimum atomic E-state index is -1.14. The van der Waals surface area contributed by atoms with Crippen LogP contribution in [0.5, 0.6) is 0 Å². The number of amides is 1. The van der Waals surface area contributed by atoms with Gasteiger partial charge in [0.25, 0.3) is 0 Å². The molecule has 0 fully saturated rings. The number of hydrogen-bond acceptors (Lipinski definition) is 6. The van der Waals surface area contributed by atoms with Crippen LogP contribution >= 0.6 is 0 Å². The quantitative estimate of drug-likeness (QED) is 0.697. The molecule has 9 nitrogen and oxygen atoms in total. The highest BCUT2D eigenvalue weighted by atomic mass is 16.5. The zero-order chi connectivity index (χ0) is 17.5. The molecule has 2 unspecified atom stereocenters. The third-order valence-corrected chi connectivity index (χ3v) is 3.55. The smallest absolute Gasteiger partial charge is 0.334 e. The van der Waals surface area contributed by atoms with E-state index < -0.39 is 18.1 Å². The van der Waals surface area contributed by atoms with E-state index in [0.29, 0.717) is 12.2 Å². The number of carboxylic acid groups (broad SMARTS) is 1. The zero-order valence-electron chi connectivity index (χ0n) is 13.4. The number of benzene rings is 1. The number of aliphatic carboxylic acids is 1. The highest BCUT2D eigenvalue weighted by Gasteiger charge is 2.26. The number of carbonyl (C=O) groups is 2. The van der Waals surface area contributed by atoms with Gasteiger partial charge in [-0.25, -0.2) is 9.48 Å². The second-order valence-corrected chi connectivity index (χ2v) is 5.18. The van der Waals surface area contributed by atoms with E-state index in [1.54, 1.807) is 6.92 Å². The number of aromatic nitrogens is 4. The Bertz CT molecular complexity index is 688. The van der Waals surface area contributed by atoms with E-state index in [1.165, 1.54) is 11.8 Å². The average Bonchev–Trinajstić information content (AvgIpc) is 2.99. The minimum absolute atomic E-state index is 0.142. The zero-order valence-corrected chi connectivity index (χ0v) is 13.4. The normalized spacial score (nSPS) is 13.2. The number of nitrogens with zero attached hydrogens (tertiary/aromatic N) is 4. The summed E-state index contributed by atoms with van der Waals surface area (Å²) < 4.78 is 6.23. The van der Waals surface area contributed by atoms with Crippen LogP contribution in [0.3, 0.4) is 0 Å². The molecule has 2 rings (SSSR count). The number of rotatable bonds is 8. The lowest BCUT2D eigenvalue weighted by Gasteiger charge is -2.19. The van der Waals surface area contributed by atoms with E-state index in [0.717, 1.165) is 5.56 Å². The lowest BCUT2D eigenvalue weighted by Crippen LogP contribution is -2.42.